The minimum absolute atomic E-state index is 0.0387. The van der Waals surface area contributed by atoms with Crippen molar-refractivity contribution in [2.24, 2.45) is 0 Å². The van der Waals surface area contributed by atoms with Crippen molar-refractivity contribution in [3.8, 4) is 22.8 Å². The molecule has 4 rings (SSSR count). The predicted octanol–water partition coefficient (Wildman–Crippen LogP) is 2.49. The van der Waals surface area contributed by atoms with Gasteiger partial charge in [-0.25, -0.2) is 9.97 Å². The van der Waals surface area contributed by atoms with Crippen LogP contribution in [0.5, 0.6) is 11.5 Å². The number of rotatable bonds is 7. The number of methoxy groups -OCH3 is 1. The first-order valence-electron chi connectivity index (χ1n) is 10.0. The molecule has 176 valence electrons. The third kappa shape index (κ3) is 5.52. The highest BCUT2D eigenvalue weighted by Gasteiger charge is 2.29. The molecule has 3 aromatic rings. The Hall–Kier alpha value is -3.38. The SMILES string of the molecule is COc1cc(-c2cnc3cc(OC[C@H]4COCCO4)ccn23)cnc1C(=O)NCC(F)(F)F. The van der Waals surface area contributed by atoms with Gasteiger partial charge in [-0.1, -0.05) is 0 Å². The van der Waals surface area contributed by atoms with Gasteiger partial charge in [0.2, 0.25) is 0 Å². The summed E-state index contributed by atoms with van der Waals surface area (Å²) in [5.74, 6) is -0.332. The molecular formula is C21H21F3N4O5. The van der Waals surface area contributed by atoms with Crippen LogP contribution in [0.1, 0.15) is 10.5 Å². The van der Waals surface area contributed by atoms with Gasteiger partial charge in [-0.3, -0.25) is 9.20 Å². The van der Waals surface area contributed by atoms with E-state index in [1.54, 1.807) is 34.2 Å². The van der Waals surface area contributed by atoms with Crippen LogP contribution in [-0.4, -0.2) is 72.6 Å². The van der Waals surface area contributed by atoms with Crippen LogP contribution in [0.3, 0.4) is 0 Å². The Labute approximate surface area is 186 Å². The van der Waals surface area contributed by atoms with E-state index in [4.69, 9.17) is 18.9 Å². The second-order valence-electron chi connectivity index (χ2n) is 7.19. The first-order chi connectivity index (χ1) is 15.8. The molecule has 1 atom stereocenters. The fourth-order valence-corrected chi connectivity index (χ4v) is 3.26. The molecule has 1 fully saturated rings. The summed E-state index contributed by atoms with van der Waals surface area (Å²) in [4.78, 5) is 20.5. The summed E-state index contributed by atoms with van der Waals surface area (Å²) >= 11 is 0. The molecular weight excluding hydrogens is 445 g/mol. The summed E-state index contributed by atoms with van der Waals surface area (Å²) in [7, 11) is 1.31. The molecule has 1 saturated heterocycles. The van der Waals surface area contributed by atoms with E-state index in [1.807, 2.05) is 0 Å². The van der Waals surface area contributed by atoms with Gasteiger partial charge >= 0.3 is 6.18 Å². The number of hydrogen-bond donors (Lipinski definition) is 1. The molecule has 0 aromatic carbocycles. The number of pyridine rings is 2. The van der Waals surface area contributed by atoms with E-state index in [0.717, 1.165) is 0 Å². The predicted molar refractivity (Wildman–Crippen MR) is 109 cm³/mol. The van der Waals surface area contributed by atoms with E-state index in [1.165, 1.54) is 19.4 Å². The summed E-state index contributed by atoms with van der Waals surface area (Å²) in [6.07, 6.45) is 0.0904. The molecule has 9 nitrogen and oxygen atoms in total. The lowest BCUT2D eigenvalue weighted by molar-refractivity contribution is -0.123. The van der Waals surface area contributed by atoms with E-state index in [-0.39, 0.29) is 17.5 Å². The van der Waals surface area contributed by atoms with Crippen LogP contribution in [0.15, 0.2) is 36.8 Å². The van der Waals surface area contributed by atoms with Crippen molar-refractivity contribution in [2.45, 2.75) is 12.3 Å². The van der Waals surface area contributed by atoms with Crippen LogP contribution in [-0.2, 0) is 9.47 Å². The molecule has 0 bridgehead atoms. The first kappa shape index (κ1) is 22.8. The number of imidazole rings is 1. The van der Waals surface area contributed by atoms with Gasteiger partial charge in [-0.05, 0) is 12.1 Å². The Morgan fingerprint density at radius 1 is 1.27 bits per heavy atom. The zero-order valence-electron chi connectivity index (χ0n) is 17.6. The number of alkyl halides is 3. The van der Waals surface area contributed by atoms with Crippen molar-refractivity contribution in [1.82, 2.24) is 19.7 Å². The third-order valence-corrected chi connectivity index (χ3v) is 4.84. The van der Waals surface area contributed by atoms with Crippen molar-refractivity contribution in [2.75, 3.05) is 40.1 Å². The molecule has 1 N–H and O–H groups in total. The summed E-state index contributed by atoms with van der Waals surface area (Å²) in [6.45, 7) is 0.489. The maximum absolute atomic E-state index is 12.4. The highest BCUT2D eigenvalue weighted by Crippen LogP contribution is 2.27. The lowest BCUT2D eigenvalue weighted by atomic mass is 10.2. The van der Waals surface area contributed by atoms with Crippen molar-refractivity contribution >= 4 is 11.6 Å². The normalized spacial score (nSPS) is 16.5. The van der Waals surface area contributed by atoms with Gasteiger partial charge in [-0.2, -0.15) is 13.2 Å². The molecule has 12 heteroatoms. The average molecular weight is 466 g/mol. The van der Waals surface area contributed by atoms with Crippen LogP contribution in [0.4, 0.5) is 13.2 Å². The smallest absolute Gasteiger partial charge is 0.405 e. The van der Waals surface area contributed by atoms with Crippen LogP contribution >= 0.6 is 0 Å². The lowest BCUT2D eigenvalue weighted by Crippen LogP contribution is -2.34. The van der Waals surface area contributed by atoms with E-state index < -0.39 is 18.6 Å². The molecule has 1 aliphatic heterocycles. The van der Waals surface area contributed by atoms with Gasteiger partial charge in [0.25, 0.3) is 5.91 Å². The number of halogens is 3. The van der Waals surface area contributed by atoms with Gasteiger partial charge in [0.15, 0.2) is 11.4 Å². The molecule has 0 radical (unpaired) electrons. The van der Waals surface area contributed by atoms with Crippen molar-refractivity contribution < 1.29 is 36.9 Å². The molecule has 1 amide bonds. The van der Waals surface area contributed by atoms with Crippen molar-refractivity contribution in [3.05, 3.63) is 42.5 Å². The zero-order valence-corrected chi connectivity index (χ0v) is 17.6. The molecule has 0 aliphatic carbocycles. The maximum atomic E-state index is 12.4. The van der Waals surface area contributed by atoms with Gasteiger partial charge in [0.1, 0.15) is 30.7 Å². The van der Waals surface area contributed by atoms with E-state index in [9.17, 15) is 18.0 Å². The van der Waals surface area contributed by atoms with Crippen LogP contribution in [0, 0.1) is 0 Å². The monoisotopic (exact) mass is 466 g/mol. The summed E-state index contributed by atoms with van der Waals surface area (Å²) in [5, 5.41) is 1.78. The molecule has 0 saturated carbocycles. The number of nitrogens with zero attached hydrogens (tertiary/aromatic N) is 3. The molecule has 0 spiro atoms. The van der Waals surface area contributed by atoms with E-state index in [2.05, 4.69) is 9.97 Å². The number of carbonyl (C=O) groups is 1. The van der Waals surface area contributed by atoms with Crippen molar-refractivity contribution in [3.63, 3.8) is 0 Å². The van der Waals surface area contributed by atoms with E-state index in [0.29, 0.717) is 49.1 Å². The summed E-state index contributed by atoms with van der Waals surface area (Å²) < 4.78 is 60.8. The molecule has 1 aliphatic rings. The minimum Gasteiger partial charge on any atom is -0.494 e. The summed E-state index contributed by atoms with van der Waals surface area (Å²) in [6, 6.07) is 5.05. The molecule has 33 heavy (non-hydrogen) atoms. The lowest BCUT2D eigenvalue weighted by Gasteiger charge is -2.22. The maximum Gasteiger partial charge on any atom is 0.405 e. The fraction of sp³-hybridized carbons (Fsp3) is 0.381. The third-order valence-electron chi connectivity index (χ3n) is 4.84. The highest BCUT2D eigenvalue weighted by molar-refractivity contribution is 5.95. The second kappa shape index (κ2) is 9.63. The van der Waals surface area contributed by atoms with Crippen LogP contribution in [0.2, 0.25) is 0 Å². The Bertz CT molecular complexity index is 1130. The number of fused-ring (bicyclic) bond motifs is 1. The van der Waals surface area contributed by atoms with Crippen molar-refractivity contribution in [1.29, 1.82) is 0 Å². The number of aromatic nitrogens is 3. The Kier molecular flexibility index (Phi) is 6.65. The largest absolute Gasteiger partial charge is 0.494 e. The molecule has 4 heterocycles. The number of nitrogens with one attached hydrogen (secondary N) is 1. The van der Waals surface area contributed by atoms with Gasteiger partial charge in [-0.15, -0.1) is 0 Å². The average Bonchev–Trinajstić information content (AvgIpc) is 3.24. The highest BCUT2D eigenvalue weighted by atomic mass is 19.4. The zero-order chi connectivity index (χ0) is 23.4. The van der Waals surface area contributed by atoms with Crippen LogP contribution < -0.4 is 14.8 Å². The van der Waals surface area contributed by atoms with Crippen LogP contribution in [0.25, 0.3) is 16.9 Å². The topological polar surface area (TPSA) is 96.2 Å². The van der Waals surface area contributed by atoms with E-state index >= 15 is 0 Å². The first-order valence-corrected chi connectivity index (χ1v) is 10.0. The fourth-order valence-electron chi connectivity index (χ4n) is 3.26. The Morgan fingerprint density at radius 2 is 2.12 bits per heavy atom. The quantitative estimate of drug-likeness (QED) is 0.572. The molecule has 0 unspecified atom stereocenters. The Balaban J connectivity index is 1.51. The minimum atomic E-state index is -4.53. The Morgan fingerprint density at radius 3 is 2.85 bits per heavy atom. The van der Waals surface area contributed by atoms with Gasteiger partial charge in [0.05, 0.1) is 38.8 Å². The number of amides is 1. The second-order valence-corrected chi connectivity index (χ2v) is 7.19. The van der Waals surface area contributed by atoms with Gasteiger partial charge < -0.3 is 24.3 Å². The number of carbonyl (C=O) groups excluding carboxylic acids is 1. The van der Waals surface area contributed by atoms with Gasteiger partial charge in [0, 0.05) is 24.0 Å². The molecule has 3 aromatic heterocycles. The number of hydrogen-bond acceptors (Lipinski definition) is 7. The summed E-state index contributed by atoms with van der Waals surface area (Å²) in [5.41, 5.74) is 1.57. The standard InChI is InChI=1S/C21H21F3N4O5/c1-30-17-6-13(8-26-19(17)20(29)27-12-21(22,23)24)16-9-25-18-7-14(2-3-28(16)18)33-11-15-10-31-4-5-32-15/h2-3,6-9,15H,4-5,10-12H2,1H3,(H,27,29)/t15-/m1/s1. The number of ether oxygens (including phenoxy) is 4.